The molecule has 1 aromatic carbocycles. The third kappa shape index (κ3) is 1.79. The van der Waals surface area contributed by atoms with Gasteiger partial charge in [-0.3, -0.25) is 0 Å². The Hall–Kier alpha value is -2.18. The fourth-order valence-corrected chi connectivity index (χ4v) is 1.15. The summed E-state index contributed by atoms with van der Waals surface area (Å²) in [4.78, 5) is 0. The second kappa shape index (κ2) is 3.76. The fraction of sp³-hybridized carbons (Fsp3) is 0.111. The highest BCUT2D eigenvalue weighted by atomic mass is 19.1. The molecule has 0 atom stereocenters. The summed E-state index contributed by atoms with van der Waals surface area (Å²) in [6.07, 6.45) is 0. The molecule has 2 rings (SSSR count). The number of rotatable bonds is 1. The van der Waals surface area contributed by atoms with Crippen molar-refractivity contribution in [3.05, 3.63) is 29.6 Å². The third-order valence-electron chi connectivity index (χ3n) is 1.83. The molecule has 2 aromatic rings. The number of aromatic hydroxyl groups is 1. The van der Waals surface area contributed by atoms with Gasteiger partial charge in [-0.25, -0.2) is 8.78 Å². The van der Waals surface area contributed by atoms with Gasteiger partial charge in [-0.2, -0.15) is 0 Å². The number of aryl methyl sites for hydroxylation is 1. The predicted octanol–water partition coefficient (Wildman–Crippen LogP) is 1.23. The number of benzene rings is 1. The van der Waals surface area contributed by atoms with Crippen LogP contribution in [0.4, 0.5) is 8.78 Å². The van der Waals surface area contributed by atoms with E-state index >= 15 is 0 Å². The number of nitrogens with zero attached hydrogens (tertiary/aromatic N) is 4. The molecule has 0 saturated carbocycles. The highest BCUT2D eigenvalue weighted by Crippen LogP contribution is 2.25. The topological polar surface area (TPSA) is 71.8 Å². The van der Waals surface area contributed by atoms with Crippen molar-refractivity contribution in [3.8, 4) is 17.1 Å². The van der Waals surface area contributed by atoms with Crippen LogP contribution in [-0.2, 0) is 0 Å². The number of hydrogen-bond acceptors (Lipinski definition) is 5. The van der Waals surface area contributed by atoms with E-state index in [0.29, 0.717) is 5.82 Å². The van der Waals surface area contributed by atoms with Crippen LogP contribution in [0.1, 0.15) is 5.82 Å². The molecule has 0 aliphatic rings. The van der Waals surface area contributed by atoms with Crippen molar-refractivity contribution in [1.82, 2.24) is 20.4 Å². The molecule has 0 bridgehead atoms. The fourth-order valence-electron chi connectivity index (χ4n) is 1.15. The monoisotopic (exact) mass is 224 g/mol. The lowest BCUT2D eigenvalue weighted by Gasteiger charge is -2.02. The molecule has 0 fully saturated rings. The molecule has 0 aliphatic heterocycles. The molecule has 0 unspecified atom stereocenters. The molecule has 7 heteroatoms. The van der Waals surface area contributed by atoms with E-state index in [-0.39, 0.29) is 5.82 Å². The summed E-state index contributed by atoms with van der Waals surface area (Å²) >= 11 is 0. The first kappa shape index (κ1) is 10.3. The SMILES string of the molecule is Cc1nnc(-c2c(F)cc(O)cc2F)nn1. The Morgan fingerprint density at radius 1 is 1.00 bits per heavy atom. The normalized spacial score (nSPS) is 10.4. The zero-order valence-electron chi connectivity index (χ0n) is 8.15. The third-order valence-corrected chi connectivity index (χ3v) is 1.83. The lowest BCUT2D eigenvalue weighted by atomic mass is 10.2. The number of halogens is 2. The molecule has 16 heavy (non-hydrogen) atoms. The summed E-state index contributed by atoms with van der Waals surface area (Å²) in [5, 5.41) is 23.1. The number of hydrogen-bond donors (Lipinski definition) is 1. The van der Waals surface area contributed by atoms with Gasteiger partial charge in [0.25, 0.3) is 0 Å². The van der Waals surface area contributed by atoms with Gasteiger partial charge in [0.1, 0.15) is 17.4 Å². The number of phenols is 1. The maximum atomic E-state index is 13.4. The molecule has 0 spiro atoms. The highest BCUT2D eigenvalue weighted by molar-refractivity contribution is 5.57. The van der Waals surface area contributed by atoms with Crippen molar-refractivity contribution in [2.24, 2.45) is 0 Å². The van der Waals surface area contributed by atoms with E-state index in [2.05, 4.69) is 20.4 Å². The van der Waals surface area contributed by atoms with Gasteiger partial charge in [0, 0.05) is 12.1 Å². The van der Waals surface area contributed by atoms with E-state index in [1.54, 1.807) is 6.92 Å². The van der Waals surface area contributed by atoms with Crippen LogP contribution in [0, 0.1) is 18.6 Å². The first-order valence-corrected chi connectivity index (χ1v) is 4.30. The molecule has 0 saturated heterocycles. The van der Waals surface area contributed by atoms with Crippen molar-refractivity contribution < 1.29 is 13.9 Å². The maximum absolute atomic E-state index is 13.4. The largest absolute Gasteiger partial charge is 0.508 e. The number of phenolic OH excluding ortho intramolecular Hbond substituents is 1. The Morgan fingerprint density at radius 2 is 1.50 bits per heavy atom. The molecular weight excluding hydrogens is 218 g/mol. The van der Waals surface area contributed by atoms with Crippen LogP contribution in [0.5, 0.6) is 5.75 Å². The smallest absolute Gasteiger partial charge is 0.209 e. The van der Waals surface area contributed by atoms with Gasteiger partial charge >= 0.3 is 0 Å². The predicted molar refractivity (Wildman–Crippen MR) is 49.4 cm³/mol. The molecule has 1 N–H and O–H groups in total. The lowest BCUT2D eigenvalue weighted by Crippen LogP contribution is -2.01. The highest BCUT2D eigenvalue weighted by Gasteiger charge is 2.16. The Balaban J connectivity index is 2.60. The summed E-state index contributed by atoms with van der Waals surface area (Å²) in [5.74, 6) is -2.41. The van der Waals surface area contributed by atoms with E-state index in [1.165, 1.54) is 0 Å². The molecular formula is C9H6F2N4O. The Labute approximate surface area is 88.8 Å². The molecule has 5 nitrogen and oxygen atoms in total. The van der Waals surface area contributed by atoms with Crippen LogP contribution in [0.3, 0.4) is 0 Å². The molecule has 1 aromatic heterocycles. The average Bonchev–Trinajstić information content (AvgIpc) is 2.19. The van der Waals surface area contributed by atoms with Crippen molar-refractivity contribution in [3.63, 3.8) is 0 Å². The number of aromatic nitrogens is 4. The second-order valence-electron chi connectivity index (χ2n) is 3.06. The quantitative estimate of drug-likeness (QED) is 0.788. The molecule has 0 amide bonds. The minimum absolute atomic E-state index is 0.263. The summed E-state index contributed by atoms with van der Waals surface area (Å²) in [6.45, 7) is 1.55. The van der Waals surface area contributed by atoms with E-state index < -0.39 is 22.9 Å². The van der Waals surface area contributed by atoms with Gasteiger partial charge in [-0.1, -0.05) is 0 Å². The minimum Gasteiger partial charge on any atom is -0.508 e. The average molecular weight is 224 g/mol. The van der Waals surface area contributed by atoms with Gasteiger partial charge in [-0.05, 0) is 6.92 Å². The standard InChI is InChI=1S/C9H6F2N4O/c1-4-12-14-9(15-13-4)8-6(10)2-5(16)3-7(8)11/h2-3,16H,1H3. The van der Waals surface area contributed by atoms with Gasteiger partial charge in [-0.15, -0.1) is 20.4 Å². The second-order valence-corrected chi connectivity index (χ2v) is 3.06. The van der Waals surface area contributed by atoms with Crippen molar-refractivity contribution in [1.29, 1.82) is 0 Å². The lowest BCUT2D eigenvalue weighted by molar-refractivity contribution is 0.461. The van der Waals surface area contributed by atoms with E-state index in [9.17, 15) is 8.78 Å². The van der Waals surface area contributed by atoms with Crippen LogP contribution in [0.25, 0.3) is 11.4 Å². The van der Waals surface area contributed by atoms with Crippen LogP contribution < -0.4 is 0 Å². The van der Waals surface area contributed by atoms with Gasteiger partial charge < -0.3 is 5.11 Å². The Kier molecular flexibility index (Phi) is 2.43. The van der Waals surface area contributed by atoms with Gasteiger partial charge in [0.15, 0.2) is 5.82 Å². The molecule has 1 heterocycles. The van der Waals surface area contributed by atoms with Crippen LogP contribution in [0.2, 0.25) is 0 Å². The van der Waals surface area contributed by atoms with Crippen molar-refractivity contribution >= 4 is 0 Å². The summed E-state index contributed by atoms with van der Waals surface area (Å²) in [5.41, 5.74) is -0.460. The van der Waals surface area contributed by atoms with E-state index in [0.717, 1.165) is 12.1 Å². The molecule has 0 radical (unpaired) electrons. The maximum Gasteiger partial charge on any atom is 0.209 e. The zero-order valence-corrected chi connectivity index (χ0v) is 8.15. The molecule has 0 aliphatic carbocycles. The van der Waals surface area contributed by atoms with Gasteiger partial charge in [0.2, 0.25) is 5.82 Å². The summed E-state index contributed by atoms with van der Waals surface area (Å²) in [7, 11) is 0. The Morgan fingerprint density at radius 3 is 2.00 bits per heavy atom. The first-order valence-electron chi connectivity index (χ1n) is 4.30. The van der Waals surface area contributed by atoms with Crippen molar-refractivity contribution in [2.45, 2.75) is 6.92 Å². The van der Waals surface area contributed by atoms with Crippen LogP contribution in [0.15, 0.2) is 12.1 Å². The van der Waals surface area contributed by atoms with Gasteiger partial charge in [0.05, 0.1) is 5.56 Å². The van der Waals surface area contributed by atoms with E-state index in [4.69, 9.17) is 5.11 Å². The van der Waals surface area contributed by atoms with Crippen molar-refractivity contribution in [2.75, 3.05) is 0 Å². The molecule has 82 valence electrons. The Bertz CT molecular complexity index is 507. The minimum atomic E-state index is -0.968. The summed E-state index contributed by atoms with van der Waals surface area (Å²) < 4.78 is 26.7. The van der Waals surface area contributed by atoms with Crippen LogP contribution in [-0.4, -0.2) is 25.5 Å². The summed E-state index contributed by atoms with van der Waals surface area (Å²) in [6, 6.07) is 1.53. The first-order chi connectivity index (χ1) is 7.58. The zero-order chi connectivity index (χ0) is 11.7. The van der Waals surface area contributed by atoms with E-state index in [1.807, 2.05) is 0 Å². The van der Waals surface area contributed by atoms with Crippen LogP contribution >= 0.6 is 0 Å².